The Bertz CT molecular complexity index is 570. The minimum absolute atomic E-state index is 0.0289. The maximum atomic E-state index is 12.0. The number of hydrogen-bond donors (Lipinski definition) is 0. The van der Waals surface area contributed by atoms with Gasteiger partial charge in [-0.25, -0.2) is 0 Å². The summed E-state index contributed by atoms with van der Waals surface area (Å²) in [6, 6.07) is 0.459. The van der Waals surface area contributed by atoms with Gasteiger partial charge in [0.2, 0.25) is 0 Å². The van der Waals surface area contributed by atoms with E-state index in [-0.39, 0.29) is 5.56 Å². The van der Waals surface area contributed by atoms with E-state index in [4.69, 9.17) is 4.74 Å². The van der Waals surface area contributed by atoms with Crippen LogP contribution < -0.4 is 10.3 Å². The van der Waals surface area contributed by atoms with Crippen molar-refractivity contribution in [1.29, 1.82) is 0 Å². The first-order valence-corrected chi connectivity index (χ1v) is 5.27. The van der Waals surface area contributed by atoms with Gasteiger partial charge in [0.25, 0.3) is 11.6 Å². The molecule has 0 N–H and O–H groups in total. The van der Waals surface area contributed by atoms with Crippen molar-refractivity contribution in [1.82, 2.24) is 9.55 Å². The maximum Gasteiger partial charge on any atom is 0.299 e. The first-order valence-electron chi connectivity index (χ1n) is 4.39. The first kappa shape index (κ1) is 7.99. The lowest BCUT2D eigenvalue weighted by atomic mass is 10.3. The Morgan fingerprint density at radius 1 is 1.64 bits per heavy atom. The summed E-state index contributed by atoms with van der Waals surface area (Å²) >= 11 is 1.55. The van der Waals surface area contributed by atoms with Gasteiger partial charge in [-0.1, -0.05) is 0 Å². The van der Waals surface area contributed by atoms with Gasteiger partial charge in [-0.3, -0.25) is 9.36 Å². The fourth-order valence-electron chi connectivity index (χ4n) is 1.71. The fraction of sp³-hybridized carbons (Fsp3) is 0.333. The lowest BCUT2D eigenvalue weighted by molar-refractivity contribution is 0.345. The molecule has 0 fully saturated rings. The van der Waals surface area contributed by atoms with Crippen molar-refractivity contribution >= 4 is 22.2 Å². The van der Waals surface area contributed by atoms with Crippen LogP contribution in [0.4, 0.5) is 0 Å². The van der Waals surface area contributed by atoms with Crippen LogP contribution in [0.15, 0.2) is 10.2 Å². The Labute approximate surface area is 83.8 Å². The zero-order valence-corrected chi connectivity index (χ0v) is 8.43. The third-order valence-corrected chi connectivity index (χ3v) is 3.31. The molecule has 1 aliphatic heterocycles. The van der Waals surface area contributed by atoms with E-state index >= 15 is 0 Å². The van der Waals surface area contributed by atoms with Crippen LogP contribution in [-0.2, 0) is 6.54 Å². The molecular weight excluding hydrogens is 200 g/mol. The molecule has 3 heterocycles. The van der Waals surface area contributed by atoms with Crippen molar-refractivity contribution in [3.63, 3.8) is 0 Å². The highest BCUT2D eigenvalue weighted by Crippen LogP contribution is 2.23. The van der Waals surface area contributed by atoms with Gasteiger partial charge in [0.1, 0.15) is 6.61 Å². The monoisotopic (exact) mass is 208 g/mol. The van der Waals surface area contributed by atoms with Crippen LogP contribution in [0.3, 0.4) is 0 Å². The zero-order valence-electron chi connectivity index (χ0n) is 7.61. The van der Waals surface area contributed by atoms with Crippen molar-refractivity contribution in [2.24, 2.45) is 0 Å². The van der Waals surface area contributed by atoms with E-state index in [1.54, 1.807) is 15.9 Å². The predicted molar refractivity (Wildman–Crippen MR) is 54.1 cm³/mol. The molecule has 14 heavy (non-hydrogen) atoms. The van der Waals surface area contributed by atoms with Crippen LogP contribution in [0.5, 0.6) is 6.01 Å². The van der Waals surface area contributed by atoms with Crippen LogP contribution in [0.25, 0.3) is 10.9 Å². The normalized spacial score (nSPS) is 14.4. The molecule has 2 aromatic rings. The molecule has 0 spiro atoms. The van der Waals surface area contributed by atoms with Crippen LogP contribution in [-0.4, -0.2) is 16.2 Å². The lowest BCUT2D eigenvalue weighted by Crippen LogP contribution is -2.18. The molecule has 0 unspecified atom stereocenters. The minimum atomic E-state index is 0.0289. The van der Waals surface area contributed by atoms with Gasteiger partial charge < -0.3 is 4.74 Å². The second-order valence-corrected chi connectivity index (χ2v) is 4.34. The number of hydrogen-bond acceptors (Lipinski definition) is 4. The molecule has 3 rings (SSSR count). The van der Waals surface area contributed by atoms with E-state index in [0.717, 1.165) is 15.8 Å². The standard InChI is InChI=1S/C9H8N2O2S/c1-5-7-6(4-14-5)10-9-11(8(7)12)2-3-13-9/h4H,2-3H2,1H3. The molecule has 5 heteroatoms. The molecular formula is C9H8N2O2S. The van der Waals surface area contributed by atoms with Crippen LogP contribution in [0.2, 0.25) is 0 Å². The summed E-state index contributed by atoms with van der Waals surface area (Å²) in [5.74, 6) is 0. The number of aromatic nitrogens is 2. The Hall–Kier alpha value is -1.36. The Kier molecular flexibility index (Phi) is 1.47. The molecule has 0 aromatic carbocycles. The summed E-state index contributed by atoms with van der Waals surface area (Å²) in [6.07, 6.45) is 0. The molecule has 4 nitrogen and oxygen atoms in total. The highest BCUT2D eigenvalue weighted by Gasteiger charge is 2.18. The van der Waals surface area contributed by atoms with Gasteiger partial charge in [0, 0.05) is 10.3 Å². The van der Waals surface area contributed by atoms with E-state index in [1.807, 2.05) is 12.3 Å². The molecule has 0 aliphatic carbocycles. The lowest BCUT2D eigenvalue weighted by Gasteiger charge is -1.99. The van der Waals surface area contributed by atoms with Gasteiger partial charge >= 0.3 is 0 Å². The quantitative estimate of drug-likeness (QED) is 0.652. The van der Waals surface area contributed by atoms with Crippen LogP contribution >= 0.6 is 11.3 Å². The molecule has 0 atom stereocenters. The molecule has 0 radical (unpaired) electrons. The fourth-order valence-corrected chi connectivity index (χ4v) is 2.47. The topological polar surface area (TPSA) is 44.1 Å². The SMILES string of the molecule is Cc1scc2nc3n(c(=O)c12)CCO3. The summed E-state index contributed by atoms with van der Waals surface area (Å²) in [6.45, 7) is 3.11. The number of rotatable bonds is 0. The number of ether oxygens (including phenoxy) is 1. The van der Waals surface area contributed by atoms with Gasteiger partial charge in [0.05, 0.1) is 17.4 Å². The number of thiophene rings is 1. The predicted octanol–water partition coefficient (Wildman–Crippen LogP) is 1.16. The molecule has 0 saturated carbocycles. The van der Waals surface area contributed by atoms with Gasteiger partial charge in [0.15, 0.2) is 0 Å². The molecule has 0 saturated heterocycles. The van der Waals surface area contributed by atoms with Crippen LogP contribution in [0.1, 0.15) is 4.88 Å². The minimum Gasteiger partial charge on any atom is -0.463 e. The molecule has 0 bridgehead atoms. The van der Waals surface area contributed by atoms with Crippen molar-refractivity contribution in [2.75, 3.05) is 6.61 Å². The highest BCUT2D eigenvalue weighted by atomic mass is 32.1. The second kappa shape index (κ2) is 2.57. The van der Waals surface area contributed by atoms with Crippen molar-refractivity contribution in [3.05, 3.63) is 20.6 Å². The van der Waals surface area contributed by atoms with Gasteiger partial charge in [-0.15, -0.1) is 11.3 Å². The van der Waals surface area contributed by atoms with E-state index in [0.29, 0.717) is 19.2 Å². The summed E-state index contributed by atoms with van der Waals surface area (Å²) in [7, 11) is 0. The summed E-state index contributed by atoms with van der Waals surface area (Å²) < 4.78 is 6.85. The third-order valence-electron chi connectivity index (χ3n) is 2.41. The van der Waals surface area contributed by atoms with Gasteiger partial charge in [-0.2, -0.15) is 4.98 Å². The summed E-state index contributed by atoms with van der Waals surface area (Å²) in [5, 5.41) is 2.64. The summed E-state index contributed by atoms with van der Waals surface area (Å²) in [4.78, 5) is 17.3. The smallest absolute Gasteiger partial charge is 0.299 e. The molecule has 2 aromatic heterocycles. The molecule has 72 valence electrons. The van der Waals surface area contributed by atoms with Crippen molar-refractivity contribution in [3.8, 4) is 6.01 Å². The Balaban J connectivity index is 2.53. The van der Waals surface area contributed by atoms with E-state index in [9.17, 15) is 4.79 Å². The molecule has 1 aliphatic rings. The average molecular weight is 208 g/mol. The largest absolute Gasteiger partial charge is 0.463 e. The number of fused-ring (bicyclic) bond motifs is 2. The van der Waals surface area contributed by atoms with E-state index < -0.39 is 0 Å². The zero-order chi connectivity index (χ0) is 9.71. The molecule has 0 amide bonds. The van der Waals surface area contributed by atoms with Crippen molar-refractivity contribution < 1.29 is 4.74 Å². The van der Waals surface area contributed by atoms with E-state index in [2.05, 4.69) is 4.98 Å². The first-order chi connectivity index (χ1) is 6.77. The average Bonchev–Trinajstić information content (AvgIpc) is 2.74. The third kappa shape index (κ3) is 0.874. The number of nitrogens with zero attached hydrogens (tertiary/aromatic N) is 2. The Morgan fingerprint density at radius 3 is 3.36 bits per heavy atom. The van der Waals surface area contributed by atoms with Crippen LogP contribution in [0, 0.1) is 6.92 Å². The van der Waals surface area contributed by atoms with Gasteiger partial charge in [-0.05, 0) is 6.92 Å². The van der Waals surface area contributed by atoms with E-state index in [1.165, 1.54) is 0 Å². The second-order valence-electron chi connectivity index (χ2n) is 3.25. The summed E-state index contributed by atoms with van der Waals surface area (Å²) in [5.41, 5.74) is 0.784. The number of aryl methyl sites for hydroxylation is 1. The Morgan fingerprint density at radius 2 is 2.50 bits per heavy atom. The highest BCUT2D eigenvalue weighted by molar-refractivity contribution is 7.11. The van der Waals surface area contributed by atoms with Crippen molar-refractivity contribution in [2.45, 2.75) is 13.5 Å². The maximum absolute atomic E-state index is 12.0.